The third-order valence-electron chi connectivity index (χ3n) is 6.30. The lowest BCUT2D eigenvalue weighted by atomic mass is 9.86. The Balaban J connectivity index is 1.87. The fraction of sp³-hybridized carbons (Fsp3) is 0.333. The first-order valence-electron chi connectivity index (χ1n) is 13.0. The molecule has 0 spiro atoms. The van der Waals surface area contributed by atoms with Crippen molar-refractivity contribution in [2.45, 2.75) is 38.8 Å². The Kier molecular flexibility index (Phi) is 11.8. The van der Waals surface area contributed by atoms with Crippen LogP contribution in [0.3, 0.4) is 0 Å². The van der Waals surface area contributed by atoms with E-state index in [9.17, 15) is 14.4 Å². The topological polar surface area (TPSA) is 132 Å². The van der Waals surface area contributed by atoms with E-state index in [0.717, 1.165) is 0 Å². The van der Waals surface area contributed by atoms with Crippen molar-refractivity contribution in [3.63, 3.8) is 0 Å². The summed E-state index contributed by atoms with van der Waals surface area (Å²) in [7, 11) is 4.39. The monoisotopic (exact) mass is 634 g/mol. The molecule has 1 heterocycles. The van der Waals surface area contributed by atoms with Gasteiger partial charge in [0, 0.05) is 40.4 Å². The van der Waals surface area contributed by atoms with Gasteiger partial charge in [0.2, 0.25) is 6.79 Å². The number of hydrogen-bond acceptors (Lipinski definition) is 10. The Labute approximate surface area is 259 Å². The van der Waals surface area contributed by atoms with Gasteiger partial charge in [0.05, 0.1) is 27.2 Å². The summed E-state index contributed by atoms with van der Waals surface area (Å²) in [5, 5.41) is 3.49. The quantitative estimate of drug-likeness (QED) is 0.198. The highest BCUT2D eigenvalue weighted by atomic mass is 35.5. The van der Waals surface area contributed by atoms with Crippen LogP contribution in [0.2, 0.25) is 10.0 Å². The van der Waals surface area contributed by atoms with Crippen LogP contribution in [-0.2, 0) is 19.1 Å². The zero-order valence-electron chi connectivity index (χ0n) is 24.4. The maximum atomic E-state index is 13.3. The fourth-order valence-electron chi connectivity index (χ4n) is 4.30. The largest absolute Gasteiger partial charge is 0.496 e. The third-order valence-corrected chi connectivity index (χ3v) is 6.77. The number of amides is 1. The average Bonchev–Trinajstić information content (AvgIpc) is 2.98. The summed E-state index contributed by atoms with van der Waals surface area (Å²) in [6, 6.07) is 10.6. The van der Waals surface area contributed by atoms with Crippen LogP contribution < -0.4 is 24.3 Å². The fourth-order valence-corrected chi connectivity index (χ4v) is 4.62. The minimum atomic E-state index is -1.11. The lowest BCUT2D eigenvalue weighted by molar-refractivity contribution is -0.151. The molecule has 11 nitrogen and oxygen atoms in total. The molecule has 0 saturated carbocycles. The van der Waals surface area contributed by atoms with Crippen LogP contribution in [0.1, 0.15) is 48.3 Å². The van der Waals surface area contributed by atoms with E-state index in [2.05, 4.69) is 10.3 Å². The van der Waals surface area contributed by atoms with Gasteiger partial charge in [-0.05, 0) is 38.1 Å². The summed E-state index contributed by atoms with van der Waals surface area (Å²) >= 11 is 12.4. The lowest BCUT2D eigenvalue weighted by Gasteiger charge is -2.29. The number of methoxy groups -OCH3 is 3. The highest BCUT2D eigenvalue weighted by Gasteiger charge is 2.32. The second kappa shape index (κ2) is 15.3. The van der Waals surface area contributed by atoms with Gasteiger partial charge < -0.3 is 33.7 Å². The Hall–Kier alpha value is -4.22. The van der Waals surface area contributed by atoms with Gasteiger partial charge in [-0.25, -0.2) is 9.78 Å². The Bertz CT molecular complexity index is 1410. The van der Waals surface area contributed by atoms with E-state index in [0.29, 0.717) is 32.7 Å². The van der Waals surface area contributed by atoms with Gasteiger partial charge >= 0.3 is 11.9 Å². The number of nitrogens with zero attached hydrogens (tertiary/aromatic N) is 1. The number of nitrogens with one attached hydrogen (secondary N) is 1. The van der Waals surface area contributed by atoms with E-state index in [1.165, 1.54) is 47.4 Å². The van der Waals surface area contributed by atoms with E-state index in [-0.39, 0.29) is 17.2 Å². The van der Waals surface area contributed by atoms with Crippen LogP contribution in [0.15, 0.2) is 48.7 Å². The lowest BCUT2D eigenvalue weighted by Crippen LogP contribution is -2.41. The summed E-state index contributed by atoms with van der Waals surface area (Å²) in [6.07, 6.45) is 0.552. The second-order valence-electron chi connectivity index (χ2n) is 9.18. The van der Waals surface area contributed by atoms with E-state index >= 15 is 0 Å². The van der Waals surface area contributed by atoms with Crippen molar-refractivity contribution < 1.29 is 42.8 Å². The minimum absolute atomic E-state index is 0.0672. The molecule has 0 aliphatic carbocycles. The van der Waals surface area contributed by atoms with Crippen LogP contribution in [0.4, 0.5) is 0 Å². The van der Waals surface area contributed by atoms with E-state index in [1.807, 2.05) is 0 Å². The van der Waals surface area contributed by atoms with Crippen molar-refractivity contribution in [1.82, 2.24) is 10.3 Å². The van der Waals surface area contributed by atoms with Gasteiger partial charge in [0.25, 0.3) is 5.91 Å². The average molecular weight is 635 g/mol. The van der Waals surface area contributed by atoms with Crippen molar-refractivity contribution in [3.8, 4) is 23.0 Å². The molecule has 2 atom stereocenters. The van der Waals surface area contributed by atoms with Crippen molar-refractivity contribution in [2.24, 2.45) is 0 Å². The molecule has 0 radical (unpaired) electrons. The van der Waals surface area contributed by atoms with Gasteiger partial charge in [0.15, 0.2) is 17.2 Å². The number of esters is 2. The SMILES string of the molecule is COc1cc(Cl)ccc1C(c1ccc(Cl)cc1OC)[C@H](C)OC(=O)[C@H](C)NC(=O)c1nccc(OC)c1OCOC(C)=O. The number of pyridine rings is 1. The van der Waals surface area contributed by atoms with Gasteiger partial charge in [-0.2, -0.15) is 0 Å². The summed E-state index contributed by atoms with van der Waals surface area (Å²) < 4.78 is 32.6. The minimum Gasteiger partial charge on any atom is -0.496 e. The predicted molar refractivity (Wildman–Crippen MR) is 158 cm³/mol. The number of carbonyl (C=O) groups excluding carboxylic acids is 3. The molecular formula is C30H32Cl2N2O9. The van der Waals surface area contributed by atoms with Crippen LogP contribution >= 0.6 is 23.2 Å². The first-order chi connectivity index (χ1) is 20.5. The number of aromatic nitrogens is 1. The summed E-state index contributed by atoms with van der Waals surface area (Å²) in [5.41, 5.74) is 1.17. The molecule has 3 aromatic rings. The molecule has 1 N–H and O–H groups in total. The first-order valence-corrected chi connectivity index (χ1v) is 13.7. The molecule has 0 saturated heterocycles. The Morgan fingerprint density at radius 3 is 1.93 bits per heavy atom. The molecule has 0 unspecified atom stereocenters. The zero-order valence-corrected chi connectivity index (χ0v) is 25.9. The van der Waals surface area contributed by atoms with Gasteiger partial charge in [0.1, 0.15) is 23.6 Å². The van der Waals surface area contributed by atoms with Crippen LogP contribution in [0, 0.1) is 0 Å². The van der Waals surface area contributed by atoms with Crippen molar-refractivity contribution in [1.29, 1.82) is 0 Å². The molecule has 0 fully saturated rings. The van der Waals surface area contributed by atoms with E-state index in [1.54, 1.807) is 43.3 Å². The third kappa shape index (κ3) is 8.42. The molecule has 43 heavy (non-hydrogen) atoms. The summed E-state index contributed by atoms with van der Waals surface area (Å²) in [5.74, 6) is -1.57. The predicted octanol–water partition coefficient (Wildman–Crippen LogP) is 5.20. The second-order valence-corrected chi connectivity index (χ2v) is 10.0. The van der Waals surface area contributed by atoms with Gasteiger partial charge in [-0.1, -0.05) is 35.3 Å². The molecule has 0 bridgehead atoms. The number of hydrogen-bond donors (Lipinski definition) is 1. The molecular weight excluding hydrogens is 603 g/mol. The van der Waals surface area contributed by atoms with Gasteiger partial charge in [-0.15, -0.1) is 0 Å². The highest BCUT2D eigenvalue weighted by molar-refractivity contribution is 6.31. The molecule has 3 rings (SSSR count). The standard InChI is InChI=1S/C30H32Cl2N2O9/c1-16(34-29(36)27-28(42-15-41-18(3)35)23(38-4)11-12-33-27)30(37)43-17(2)26(21-9-7-19(31)13-24(21)39-5)22-10-8-20(32)14-25(22)40-6/h7-14,16-17,26H,15H2,1-6H3,(H,34,36)/t16-,17-/m0/s1. The number of rotatable bonds is 13. The number of carbonyl (C=O) groups is 3. The van der Waals surface area contributed by atoms with E-state index in [4.69, 9.17) is 51.6 Å². The van der Waals surface area contributed by atoms with Crippen molar-refractivity contribution >= 4 is 41.0 Å². The zero-order chi connectivity index (χ0) is 31.7. The number of halogens is 2. The van der Waals surface area contributed by atoms with E-state index < -0.39 is 42.7 Å². The molecule has 230 valence electrons. The molecule has 1 amide bonds. The molecule has 1 aromatic heterocycles. The van der Waals surface area contributed by atoms with Gasteiger partial charge in [-0.3, -0.25) is 9.59 Å². The Morgan fingerprint density at radius 1 is 0.860 bits per heavy atom. The number of ether oxygens (including phenoxy) is 6. The first kappa shape index (κ1) is 33.3. The van der Waals surface area contributed by atoms with Crippen LogP contribution in [0.25, 0.3) is 0 Å². The van der Waals surface area contributed by atoms with Crippen LogP contribution in [-0.4, -0.2) is 63.1 Å². The molecule has 0 aliphatic heterocycles. The van der Waals surface area contributed by atoms with Crippen molar-refractivity contribution in [3.05, 3.63) is 75.5 Å². The summed E-state index contributed by atoms with van der Waals surface area (Å²) in [6.45, 7) is 3.91. The normalized spacial score (nSPS) is 12.1. The molecule has 2 aromatic carbocycles. The smallest absolute Gasteiger partial charge is 0.328 e. The highest BCUT2D eigenvalue weighted by Crippen LogP contribution is 2.41. The molecule has 13 heteroatoms. The molecule has 0 aliphatic rings. The van der Waals surface area contributed by atoms with Crippen molar-refractivity contribution in [2.75, 3.05) is 28.1 Å². The number of benzene rings is 2. The maximum Gasteiger partial charge on any atom is 0.328 e. The maximum absolute atomic E-state index is 13.3. The van der Waals surface area contributed by atoms with Crippen LogP contribution in [0.5, 0.6) is 23.0 Å². The Morgan fingerprint density at radius 2 is 1.42 bits per heavy atom. The summed E-state index contributed by atoms with van der Waals surface area (Å²) in [4.78, 5) is 41.6.